The lowest BCUT2D eigenvalue weighted by atomic mass is 9.69. The van der Waals surface area contributed by atoms with Gasteiger partial charge in [-0.3, -0.25) is 4.79 Å². The third-order valence-electron chi connectivity index (χ3n) is 3.94. The van der Waals surface area contributed by atoms with E-state index in [0.717, 1.165) is 24.7 Å². The van der Waals surface area contributed by atoms with Crippen LogP contribution in [0.15, 0.2) is 0 Å². The molecule has 1 aliphatic rings. The Bertz CT molecular complexity index is 195. The molecule has 3 unspecified atom stereocenters. The molecule has 1 saturated carbocycles. The van der Waals surface area contributed by atoms with E-state index in [-0.39, 0.29) is 0 Å². The van der Waals surface area contributed by atoms with Crippen molar-refractivity contribution in [2.24, 2.45) is 23.7 Å². The standard InChI is InChI=1S/C13H24O/c1-5-13(14)12-8-11(9(2)3)7-6-10(12)4/h9-12H,5-8H2,1-4H3. The zero-order valence-electron chi connectivity index (χ0n) is 10.0. The van der Waals surface area contributed by atoms with Gasteiger partial charge in [0.1, 0.15) is 5.78 Å². The van der Waals surface area contributed by atoms with Crippen LogP contribution < -0.4 is 0 Å². The molecule has 1 fully saturated rings. The van der Waals surface area contributed by atoms with Crippen molar-refractivity contribution in [1.82, 2.24) is 0 Å². The van der Waals surface area contributed by atoms with E-state index in [1.165, 1.54) is 12.8 Å². The van der Waals surface area contributed by atoms with Crippen molar-refractivity contribution in [2.45, 2.75) is 53.4 Å². The van der Waals surface area contributed by atoms with Crippen LogP contribution in [0.25, 0.3) is 0 Å². The largest absolute Gasteiger partial charge is 0.299 e. The quantitative estimate of drug-likeness (QED) is 0.673. The predicted octanol–water partition coefficient (Wildman–Crippen LogP) is 3.67. The molecule has 1 rings (SSSR count). The number of Topliss-reactive ketones (excluding diaryl/α,β-unsaturated/α-hetero) is 1. The molecule has 0 aliphatic heterocycles. The van der Waals surface area contributed by atoms with Crippen LogP contribution in [-0.2, 0) is 4.79 Å². The van der Waals surface area contributed by atoms with Crippen molar-refractivity contribution in [3.05, 3.63) is 0 Å². The van der Waals surface area contributed by atoms with Gasteiger partial charge in [0.15, 0.2) is 0 Å². The fraction of sp³-hybridized carbons (Fsp3) is 0.923. The first-order valence-electron chi connectivity index (χ1n) is 6.09. The SMILES string of the molecule is CCC(=O)C1CC(C(C)C)CCC1C. The molecule has 1 aliphatic carbocycles. The van der Waals surface area contributed by atoms with Crippen molar-refractivity contribution < 1.29 is 4.79 Å². The molecule has 0 radical (unpaired) electrons. The lowest BCUT2D eigenvalue weighted by Gasteiger charge is -2.35. The van der Waals surface area contributed by atoms with Gasteiger partial charge >= 0.3 is 0 Å². The molecule has 14 heavy (non-hydrogen) atoms. The number of hydrogen-bond donors (Lipinski definition) is 0. The van der Waals surface area contributed by atoms with E-state index in [1.807, 2.05) is 6.92 Å². The van der Waals surface area contributed by atoms with Gasteiger partial charge < -0.3 is 0 Å². The maximum absolute atomic E-state index is 11.7. The second-order valence-electron chi connectivity index (χ2n) is 5.22. The minimum absolute atomic E-state index is 0.362. The fourth-order valence-electron chi connectivity index (χ4n) is 2.67. The first-order valence-corrected chi connectivity index (χ1v) is 6.09. The van der Waals surface area contributed by atoms with Gasteiger partial charge in [0, 0.05) is 12.3 Å². The van der Waals surface area contributed by atoms with Gasteiger partial charge in [0.2, 0.25) is 0 Å². The maximum Gasteiger partial charge on any atom is 0.135 e. The van der Waals surface area contributed by atoms with Crippen molar-refractivity contribution in [2.75, 3.05) is 0 Å². The van der Waals surface area contributed by atoms with Gasteiger partial charge in [-0.2, -0.15) is 0 Å². The molecule has 0 aromatic carbocycles. The molecule has 0 N–H and O–H groups in total. The lowest BCUT2D eigenvalue weighted by Crippen LogP contribution is -2.31. The van der Waals surface area contributed by atoms with Crippen molar-refractivity contribution in [3.63, 3.8) is 0 Å². The number of ketones is 1. The number of rotatable bonds is 3. The van der Waals surface area contributed by atoms with E-state index in [4.69, 9.17) is 0 Å². The van der Waals surface area contributed by atoms with E-state index in [2.05, 4.69) is 20.8 Å². The highest BCUT2D eigenvalue weighted by molar-refractivity contribution is 5.81. The van der Waals surface area contributed by atoms with Gasteiger partial charge in [0.05, 0.1) is 0 Å². The molecule has 0 saturated heterocycles. The summed E-state index contributed by atoms with van der Waals surface area (Å²) in [6.45, 7) is 8.81. The zero-order valence-corrected chi connectivity index (χ0v) is 10.0. The van der Waals surface area contributed by atoms with Crippen LogP contribution >= 0.6 is 0 Å². The van der Waals surface area contributed by atoms with E-state index in [1.54, 1.807) is 0 Å². The second-order valence-corrected chi connectivity index (χ2v) is 5.22. The monoisotopic (exact) mass is 196 g/mol. The summed E-state index contributed by atoms with van der Waals surface area (Å²) >= 11 is 0. The van der Waals surface area contributed by atoms with Crippen LogP contribution in [0.4, 0.5) is 0 Å². The Morgan fingerprint density at radius 3 is 2.50 bits per heavy atom. The Labute approximate surface area is 88.3 Å². The van der Waals surface area contributed by atoms with Gasteiger partial charge in [-0.15, -0.1) is 0 Å². The molecule has 0 spiro atoms. The molecule has 3 atom stereocenters. The molecular formula is C13H24O. The molecule has 0 aromatic heterocycles. The number of carbonyl (C=O) groups is 1. The van der Waals surface area contributed by atoms with Crippen LogP contribution in [0.1, 0.15) is 53.4 Å². The van der Waals surface area contributed by atoms with Crippen molar-refractivity contribution in [1.29, 1.82) is 0 Å². The van der Waals surface area contributed by atoms with Crippen LogP contribution in [0, 0.1) is 23.7 Å². The highest BCUT2D eigenvalue weighted by Crippen LogP contribution is 2.38. The Balaban J connectivity index is 2.59. The average molecular weight is 196 g/mol. The molecule has 0 bridgehead atoms. The predicted molar refractivity (Wildman–Crippen MR) is 60.1 cm³/mol. The van der Waals surface area contributed by atoms with Crippen molar-refractivity contribution >= 4 is 5.78 Å². The van der Waals surface area contributed by atoms with Crippen LogP contribution in [0.3, 0.4) is 0 Å². The van der Waals surface area contributed by atoms with Gasteiger partial charge in [-0.05, 0) is 37.0 Å². The minimum Gasteiger partial charge on any atom is -0.299 e. The summed E-state index contributed by atoms with van der Waals surface area (Å²) in [6.07, 6.45) is 4.44. The van der Waals surface area contributed by atoms with Gasteiger partial charge in [-0.25, -0.2) is 0 Å². The number of hydrogen-bond acceptors (Lipinski definition) is 1. The molecule has 82 valence electrons. The van der Waals surface area contributed by atoms with Gasteiger partial charge in [0.25, 0.3) is 0 Å². The van der Waals surface area contributed by atoms with E-state index >= 15 is 0 Å². The molecule has 0 heterocycles. The third-order valence-corrected chi connectivity index (χ3v) is 3.94. The summed E-state index contributed by atoms with van der Waals surface area (Å²) in [5, 5.41) is 0. The Morgan fingerprint density at radius 2 is 2.00 bits per heavy atom. The molecule has 1 heteroatoms. The molecule has 0 aromatic rings. The van der Waals surface area contributed by atoms with E-state index in [9.17, 15) is 4.79 Å². The Morgan fingerprint density at radius 1 is 1.36 bits per heavy atom. The summed E-state index contributed by atoms with van der Waals surface area (Å²) in [4.78, 5) is 11.7. The summed E-state index contributed by atoms with van der Waals surface area (Å²) in [6, 6.07) is 0. The van der Waals surface area contributed by atoms with Gasteiger partial charge in [-0.1, -0.05) is 27.7 Å². The topological polar surface area (TPSA) is 17.1 Å². The summed E-state index contributed by atoms with van der Waals surface area (Å²) in [5.41, 5.74) is 0. The molecular weight excluding hydrogens is 172 g/mol. The average Bonchev–Trinajstić information content (AvgIpc) is 2.17. The van der Waals surface area contributed by atoms with Crippen LogP contribution in [0.5, 0.6) is 0 Å². The normalized spacial score (nSPS) is 33.4. The fourth-order valence-corrected chi connectivity index (χ4v) is 2.67. The summed E-state index contributed by atoms with van der Waals surface area (Å²) in [5.74, 6) is 3.00. The third kappa shape index (κ3) is 2.59. The summed E-state index contributed by atoms with van der Waals surface area (Å²) < 4.78 is 0. The molecule has 1 nitrogen and oxygen atoms in total. The minimum atomic E-state index is 0.362. The van der Waals surface area contributed by atoms with Crippen LogP contribution in [-0.4, -0.2) is 5.78 Å². The smallest absolute Gasteiger partial charge is 0.135 e. The van der Waals surface area contributed by atoms with E-state index < -0.39 is 0 Å². The highest BCUT2D eigenvalue weighted by Gasteiger charge is 2.32. The first kappa shape index (κ1) is 11.7. The maximum atomic E-state index is 11.7. The Kier molecular flexibility index (Phi) is 4.15. The van der Waals surface area contributed by atoms with Crippen molar-refractivity contribution in [3.8, 4) is 0 Å². The Hall–Kier alpha value is -0.330. The van der Waals surface area contributed by atoms with E-state index in [0.29, 0.717) is 17.6 Å². The zero-order chi connectivity index (χ0) is 10.7. The van der Waals surface area contributed by atoms with Crippen LogP contribution in [0.2, 0.25) is 0 Å². The highest BCUT2D eigenvalue weighted by atomic mass is 16.1. The molecule has 0 amide bonds. The number of carbonyl (C=O) groups excluding carboxylic acids is 1. The lowest BCUT2D eigenvalue weighted by molar-refractivity contribution is -0.125. The second kappa shape index (κ2) is 4.95. The summed E-state index contributed by atoms with van der Waals surface area (Å²) in [7, 11) is 0. The first-order chi connectivity index (χ1) is 6.56.